The molecule has 1 aliphatic heterocycles. The van der Waals surface area contributed by atoms with Crippen LogP contribution in [0.1, 0.15) is 0 Å². The summed E-state index contributed by atoms with van der Waals surface area (Å²) in [5.41, 5.74) is 10.9. The van der Waals surface area contributed by atoms with Crippen molar-refractivity contribution in [2.24, 2.45) is 11.5 Å². The number of amidine groups is 1. The minimum absolute atomic E-state index is 0.00559. The fourth-order valence-electron chi connectivity index (χ4n) is 1.17. The summed E-state index contributed by atoms with van der Waals surface area (Å²) in [6.07, 6.45) is 1.48. The minimum Gasteiger partial charge on any atom is -0.385 e. The molecule has 0 spiro atoms. The Morgan fingerprint density at radius 3 is 2.42 bits per heavy atom. The van der Waals surface area contributed by atoms with Crippen molar-refractivity contribution in [2.45, 2.75) is 0 Å². The third kappa shape index (κ3) is 2.43. The van der Waals surface area contributed by atoms with Crippen LogP contribution in [0.15, 0.2) is 11.9 Å². The summed E-state index contributed by atoms with van der Waals surface area (Å²) in [6, 6.07) is 0. The average Bonchev–Trinajstić information content (AvgIpc) is 2.05. The maximum Gasteiger partial charge on any atom is 0.118 e. The predicted octanol–water partition coefficient (Wildman–Crippen LogP) is -1.37. The topological polar surface area (TPSA) is 91.2 Å². The molecule has 5 heteroatoms. The lowest BCUT2D eigenvalue weighted by molar-refractivity contribution is 0.297. The molecule has 0 aliphatic carbocycles. The van der Waals surface area contributed by atoms with Gasteiger partial charge in [-0.2, -0.15) is 0 Å². The van der Waals surface area contributed by atoms with Crippen LogP contribution in [0.5, 0.6) is 0 Å². The number of nitrogens with two attached hydrogens (primary N) is 2. The average molecular weight is 169 g/mol. The lowest BCUT2D eigenvalue weighted by atomic mass is 10.3. The van der Waals surface area contributed by atoms with Gasteiger partial charge in [0.25, 0.3) is 0 Å². The molecule has 1 aliphatic rings. The van der Waals surface area contributed by atoms with Gasteiger partial charge in [0, 0.05) is 32.3 Å². The van der Waals surface area contributed by atoms with Crippen LogP contribution in [0.4, 0.5) is 0 Å². The lowest BCUT2D eigenvalue weighted by Crippen LogP contribution is -2.44. The van der Waals surface area contributed by atoms with Gasteiger partial charge in [-0.05, 0) is 0 Å². The molecule has 0 aromatic carbocycles. The van der Waals surface area contributed by atoms with Crippen molar-refractivity contribution in [3.05, 3.63) is 11.9 Å². The first-order valence-electron chi connectivity index (χ1n) is 3.97. The molecule has 0 atom stereocenters. The van der Waals surface area contributed by atoms with E-state index < -0.39 is 0 Å². The number of piperazine rings is 1. The Balaban J connectivity index is 2.49. The minimum atomic E-state index is 0.00559. The van der Waals surface area contributed by atoms with Crippen molar-refractivity contribution in [3.63, 3.8) is 0 Å². The van der Waals surface area contributed by atoms with E-state index in [1.165, 1.54) is 6.08 Å². The maximum atomic E-state index is 7.02. The van der Waals surface area contributed by atoms with Crippen LogP contribution in [-0.4, -0.2) is 36.9 Å². The van der Waals surface area contributed by atoms with E-state index in [9.17, 15) is 0 Å². The van der Waals surface area contributed by atoms with E-state index in [1.54, 1.807) is 0 Å². The summed E-state index contributed by atoms with van der Waals surface area (Å²) in [5.74, 6) is 0.593. The third-order valence-corrected chi connectivity index (χ3v) is 1.79. The van der Waals surface area contributed by atoms with E-state index in [4.69, 9.17) is 16.9 Å². The Labute approximate surface area is 71.9 Å². The molecule has 1 saturated heterocycles. The molecule has 0 radical (unpaired) electrons. The first kappa shape index (κ1) is 8.86. The number of hydrogen-bond acceptors (Lipinski definition) is 4. The molecular weight excluding hydrogens is 154 g/mol. The molecule has 0 aromatic heterocycles. The number of nitrogens with one attached hydrogen (secondary N) is 2. The zero-order chi connectivity index (χ0) is 8.97. The molecule has 12 heavy (non-hydrogen) atoms. The van der Waals surface area contributed by atoms with E-state index in [0.29, 0.717) is 5.82 Å². The molecule has 0 aromatic rings. The van der Waals surface area contributed by atoms with Gasteiger partial charge in [-0.25, -0.2) is 0 Å². The summed E-state index contributed by atoms with van der Waals surface area (Å²) in [7, 11) is 0. The van der Waals surface area contributed by atoms with E-state index in [1.807, 2.05) is 4.90 Å². The Morgan fingerprint density at radius 1 is 1.33 bits per heavy atom. The second-order valence-corrected chi connectivity index (χ2v) is 2.76. The summed E-state index contributed by atoms with van der Waals surface area (Å²) >= 11 is 0. The van der Waals surface area contributed by atoms with Crippen molar-refractivity contribution in [1.82, 2.24) is 10.2 Å². The third-order valence-electron chi connectivity index (χ3n) is 1.79. The maximum absolute atomic E-state index is 7.02. The van der Waals surface area contributed by atoms with E-state index in [-0.39, 0.29) is 5.84 Å². The Kier molecular flexibility index (Phi) is 2.93. The van der Waals surface area contributed by atoms with Gasteiger partial charge in [0.15, 0.2) is 0 Å². The lowest BCUT2D eigenvalue weighted by Gasteiger charge is -2.29. The van der Waals surface area contributed by atoms with Gasteiger partial charge in [0.1, 0.15) is 11.7 Å². The first-order chi connectivity index (χ1) is 5.70. The Morgan fingerprint density at radius 2 is 1.92 bits per heavy atom. The fourth-order valence-corrected chi connectivity index (χ4v) is 1.17. The van der Waals surface area contributed by atoms with Crippen LogP contribution in [-0.2, 0) is 0 Å². The highest BCUT2D eigenvalue weighted by Crippen LogP contribution is 1.98. The summed E-state index contributed by atoms with van der Waals surface area (Å²) < 4.78 is 0. The molecule has 0 amide bonds. The van der Waals surface area contributed by atoms with Crippen molar-refractivity contribution >= 4 is 5.84 Å². The second-order valence-electron chi connectivity index (χ2n) is 2.76. The molecule has 5 nitrogen and oxygen atoms in total. The summed E-state index contributed by atoms with van der Waals surface area (Å²) in [5, 5.41) is 10.2. The highest BCUT2D eigenvalue weighted by molar-refractivity contribution is 5.88. The van der Waals surface area contributed by atoms with Gasteiger partial charge < -0.3 is 21.7 Å². The summed E-state index contributed by atoms with van der Waals surface area (Å²) in [6.45, 7) is 3.64. The Bertz CT molecular complexity index is 192. The van der Waals surface area contributed by atoms with Crippen LogP contribution in [0.3, 0.4) is 0 Å². The molecule has 0 saturated carbocycles. The number of nitrogens with zero attached hydrogens (tertiary/aromatic N) is 1. The standard InChI is InChI=1S/C7H15N5/c8-6(9)5-7(10)12-3-1-11-2-4-12/h5,11H,1-4,10H2,(H3,8,9)/b7-5+. The van der Waals surface area contributed by atoms with Gasteiger partial charge in [-0.3, -0.25) is 5.41 Å². The summed E-state index contributed by atoms with van der Waals surface area (Å²) in [4.78, 5) is 2.01. The van der Waals surface area contributed by atoms with Crippen molar-refractivity contribution in [1.29, 1.82) is 5.41 Å². The predicted molar refractivity (Wildman–Crippen MR) is 48.6 cm³/mol. The van der Waals surface area contributed by atoms with Gasteiger partial charge >= 0.3 is 0 Å². The fraction of sp³-hybridized carbons (Fsp3) is 0.571. The van der Waals surface area contributed by atoms with Crippen LogP contribution in [0, 0.1) is 5.41 Å². The van der Waals surface area contributed by atoms with Crippen LogP contribution >= 0.6 is 0 Å². The van der Waals surface area contributed by atoms with Crippen molar-refractivity contribution in [2.75, 3.05) is 26.2 Å². The largest absolute Gasteiger partial charge is 0.385 e. The second kappa shape index (κ2) is 3.96. The molecule has 1 fully saturated rings. The van der Waals surface area contributed by atoms with Crippen LogP contribution < -0.4 is 16.8 Å². The van der Waals surface area contributed by atoms with E-state index in [0.717, 1.165) is 26.2 Å². The quantitative estimate of drug-likeness (QED) is 0.303. The highest BCUT2D eigenvalue weighted by atomic mass is 15.2. The SMILES string of the molecule is N=C(N)/C=C(\N)N1CCNCC1. The van der Waals surface area contributed by atoms with Crippen molar-refractivity contribution in [3.8, 4) is 0 Å². The zero-order valence-electron chi connectivity index (χ0n) is 7.01. The number of rotatable bonds is 2. The molecule has 1 heterocycles. The smallest absolute Gasteiger partial charge is 0.118 e. The molecule has 68 valence electrons. The zero-order valence-corrected chi connectivity index (χ0v) is 7.01. The normalized spacial score (nSPS) is 19.3. The molecule has 0 bridgehead atoms. The molecule has 1 rings (SSSR count). The molecule has 0 unspecified atom stereocenters. The van der Waals surface area contributed by atoms with Crippen molar-refractivity contribution < 1.29 is 0 Å². The highest BCUT2D eigenvalue weighted by Gasteiger charge is 2.09. The molecular formula is C7H15N5. The van der Waals surface area contributed by atoms with Crippen LogP contribution in [0.25, 0.3) is 0 Å². The van der Waals surface area contributed by atoms with Gasteiger partial charge in [-0.15, -0.1) is 0 Å². The monoisotopic (exact) mass is 169 g/mol. The molecule has 6 N–H and O–H groups in total. The van der Waals surface area contributed by atoms with E-state index >= 15 is 0 Å². The van der Waals surface area contributed by atoms with E-state index in [2.05, 4.69) is 5.32 Å². The number of hydrogen-bond donors (Lipinski definition) is 4. The van der Waals surface area contributed by atoms with Gasteiger partial charge in [0.2, 0.25) is 0 Å². The van der Waals surface area contributed by atoms with Gasteiger partial charge in [0.05, 0.1) is 0 Å². The Hall–Kier alpha value is -1.23. The van der Waals surface area contributed by atoms with Crippen LogP contribution in [0.2, 0.25) is 0 Å². The first-order valence-corrected chi connectivity index (χ1v) is 3.97. The van der Waals surface area contributed by atoms with Gasteiger partial charge in [-0.1, -0.05) is 0 Å².